The minimum Gasteiger partial charge on any atom is -0.337 e. The molecule has 1 saturated heterocycles. The van der Waals surface area contributed by atoms with Crippen molar-refractivity contribution in [3.63, 3.8) is 0 Å². The van der Waals surface area contributed by atoms with Crippen LogP contribution in [-0.4, -0.2) is 52.8 Å². The average Bonchev–Trinajstić information content (AvgIpc) is 3.06. The SMILES string of the molecule is CCN(Cc1ccccc1)S(=O)(=O)N1CCNCC1c1nccn1C. The molecule has 1 aromatic heterocycles. The molecule has 136 valence electrons. The molecule has 1 unspecified atom stereocenters. The lowest BCUT2D eigenvalue weighted by Gasteiger charge is -2.37. The molecule has 7 nitrogen and oxygen atoms in total. The van der Waals surface area contributed by atoms with E-state index < -0.39 is 10.2 Å². The molecule has 1 fully saturated rings. The van der Waals surface area contributed by atoms with Crippen LogP contribution < -0.4 is 5.32 Å². The summed E-state index contributed by atoms with van der Waals surface area (Å²) >= 11 is 0. The van der Waals surface area contributed by atoms with E-state index in [4.69, 9.17) is 0 Å². The van der Waals surface area contributed by atoms with Gasteiger partial charge in [-0.1, -0.05) is 37.3 Å². The van der Waals surface area contributed by atoms with Gasteiger partial charge in [0, 0.05) is 52.2 Å². The Morgan fingerprint density at radius 1 is 1.32 bits per heavy atom. The Morgan fingerprint density at radius 2 is 2.08 bits per heavy atom. The van der Waals surface area contributed by atoms with E-state index in [2.05, 4.69) is 10.3 Å². The smallest absolute Gasteiger partial charge is 0.283 e. The van der Waals surface area contributed by atoms with Gasteiger partial charge < -0.3 is 9.88 Å². The van der Waals surface area contributed by atoms with Crippen molar-refractivity contribution in [2.45, 2.75) is 19.5 Å². The van der Waals surface area contributed by atoms with Crippen molar-refractivity contribution in [3.8, 4) is 0 Å². The average molecular weight is 363 g/mol. The quantitative estimate of drug-likeness (QED) is 0.835. The van der Waals surface area contributed by atoms with Crippen molar-refractivity contribution in [3.05, 3.63) is 54.1 Å². The Bertz CT molecular complexity index is 790. The lowest BCUT2D eigenvalue weighted by atomic mass is 10.2. The number of hydrogen-bond donors (Lipinski definition) is 1. The van der Waals surface area contributed by atoms with Crippen LogP contribution in [0.4, 0.5) is 0 Å². The number of aryl methyl sites for hydroxylation is 1. The third-order valence-electron chi connectivity index (χ3n) is 4.53. The summed E-state index contributed by atoms with van der Waals surface area (Å²) in [5, 5.41) is 3.28. The molecule has 2 heterocycles. The summed E-state index contributed by atoms with van der Waals surface area (Å²) in [5.41, 5.74) is 0.983. The molecule has 1 N–H and O–H groups in total. The molecule has 8 heteroatoms. The molecule has 0 spiro atoms. The van der Waals surface area contributed by atoms with Gasteiger partial charge in [-0.3, -0.25) is 0 Å². The summed E-state index contributed by atoms with van der Waals surface area (Å²) in [5.74, 6) is 0.756. The van der Waals surface area contributed by atoms with Crippen LogP contribution in [0.15, 0.2) is 42.7 Å². The molecule has 0 amide bonds. The molecule has 25 heavy (non-hydrogen) atoms. The molecule has 1 aromatic carbocycles. The lowest BCUT2D eigenvalue weighted by Crippen LogP contribution is -2.53. The second-order valence-electron chi connectivity index (χ2n) is 6.15. The first-order chi connectivity index (χ1) is 12.0. The molecule has 0 radical (unpaired) electrons. The molecule has 2 aromatic rings. The maximum Gasteiger partial charge on any atom is 0.283 e. The molecule has 1 aliphatic heterocycles. The third kappa shape index (κ3) is 3.77. The van der Waals surface area contributed by atoms with E-state index in [0.717, 1.165) is 11.4 Å². The van der Waals surface area contributed by atoms with Crippen LogP contribution in [0.3, 0.4) is 0 Å². The minimum absolute atomic E-state index is 0.302. The summed E-state index contributed by atoms with van der Waals surface area (Å²) in [6.45, 7) is 4.31. The van der Waals surface area contributed by atoms with Gasteiger partial charge in [0.1, 0.15) is 5.82 Å². The predicted octanol–water partition coefficient (Wildman–Crippen LogP) is 1.13. The Hall–Kier alpha value is -1.74. The maximum absolute atomic E-state index is 13.3. The van der Waals surface area contributed by atoms with Crippen molar-refractivity contribution < 1.29 is 8.42 Å². The number of benzene rings is 1. The van der Waals surface area contributed by atoms with Crippen LogP contribution in [0.2, 0.25) is 0 Å². The highest BCUT2D eigenvalue weighted by molar-refractivity contribution is 7.86. The highest BCUT2D eigenvalue weighted by Gasteiger charge is 2.38. The van der Waals surface area contributed by atoms with Crippen molar-refractivity contribution >= 4 is 10.2 Å². The summed E-state index contributed by atoms with van der Waals surface area (Å²) < 4.78 is 31.6. The van der Waals surface area contributed by atoms with Crippen molar-refractivity contribution in [1.29, 1.82) is 0 Å². The minimum atomic E-state index is -3.59. The van der Waals surface area contributed by atoms with E-state index in [0.29, 0.717) is 32.7 Å². The molecular weight excluding hydrogens is 338 g/mol. The van der Waals surface area contributed by atoms with Crippen LogP contribution in [0.25, 0.3) is 0 Å². The molecule has 0 aliphatic carbocycles. The molecule has 1 aliphatic rings. The van der Waals surface area contributed by atoms with E-state index in [1.807, 2.05) is 55.1 Å². The topological polar surface area (TPSA) is 70.5 Å². The van der Waals surface area contributed by atoms with Crippen LogP contribution in [0, 0.1) is 0 Å². The van der Waals surface area contributed by atoms with Gasteiger partial charge >= 0.3 is 0 Å². The number of nitrogens with one attached hydrogen (secondary N) is 1. The summed E-state index contributed by atoms with van der Waals surface area (Å²) in [6.07, 6.45) is 3.55. The number of piperazine rings is 1. The number of rotatable bonds is 6. The molecule has 0 bridgehead atoms. The summed E-state index contributed by atoms with van der Waals surface area (Å²) in [6, 6.07) is 9.39. The Balaban J connectivity index is 1.88. The zero-order valence-corrected chi connectivity index (χ0v) is 15.5. The fourth-order valence-corrected chi connectivity index (χ4v) is 4.92. The molecule has 1 atom stereocenters. The number of imidazole rings is 1. The van der Waals surface area contributed by atoms with E-state index in [9.17, 15) is 8.42 Å². The van der Waals surface area contributed by atoms with E-state index in [1.54, 1.807) is 10.5 Å². The van der Waals surface area contributed by atoms with Crippen LogP contribution in [0.5, 0.6) is 0 Å². The maximum atomic E-state index is 13.3. The highest BCUT2D eigenvalue weighted by Crippen LogP contribution is 2.26. The zero-order chi connectivity index (χ0) is 17.9. The van der Waals surface area contributed by atoms with Gasteiger partial charge in [-0.25, -0.2) is 4.98 Å². The van der Waals surface area contributed by atoms with Crippen molar-refractivity contribution in [2.24, 2.45) is 7.05 Å². The van der Waals surface area contributed by atoms with Gasteiger partial charge in [-0.05, 0) is 5.56 Å². The number of aromatic nitrogens is 2. The third-order valence-corrected chi connectivity index (χ3v) is 6.60. The largest absolute Gasteiger partial charge is 0.337 e. The van der Waals surface area contributed by atoms with E-state index in [1.165, 1.54) is 4.31 Å². The second-order valence-corrected chi connectivity index (χ2v) is 8.03. The van der Waals surface area contributed by atoms with E-state index >= 15 is 0 Å². The normalized spacial score (nSPS) is 19.4. The number of hydrogen-bond acceptors (Lipinski definition) is 4. The van der Waals surface area contributed by atoms with E-state index in [-0.39, 0.29) is 6.04 Å². The first-order valence-electron chi connectivity index (χ1n) is 8.52. The van der Waals surface area contributed by atoms with Crippen LogP contribution in [-0.2, 0) is 23.8 Å². The first kappa shape index (κ1) is 18.1. The van der Waals surface area contributed by atoms with Gasteiger partial charge in [0.25, 0.3) is 10.2 Å². The second kappa shape index (κ2) is 7.65. The fraction of sp³-hybridized carbons (Fsp3) is 0.471. The first-order valence-corrected chi connectivity index (χ1v) is 9.92. The monoisotopic (exact) mass is 363 g/mol. The molecular formula is C17H25N5O2S. The van der Waals surface area contributed by atoms with Crippen LogP contribution >= 0.6 is 0 Å². The zero-order valence-electron chi connectivity index (χ0n) is 14.7. The van der Waals surface area contributed by atoms with Gasteiger partial charge in [-0.2, -0.15) is 17.0 Å². The van der Waals surface area contributed by atoms with Crippen LogP contribution in [0.1, 0.15) is 24.4 Å². The van der Waals surface area contributed by atoms with Crippen molar-refractivity contribution in [2.75, 3.05) is 26.2 Å². The summed E-state index contributed by atoms with van der Waals surface area (Å²) in [7, 11) is -1.70. The lowest BCUT2D eigenvalue weighted by molar-refractivity contribution is 0.236. The Morgan fingerprint density at radius 3 is 2.72 bits per heavy atom. The van der Waals surface area contributed by atoms with Gasteiger partial charge in [0.15, 0.2) is 0 Å². The van der Waals surface area contributed by atoms with Gasteiger partial charge in [0.05, 0.1) is 6.04 Å². The predicted molar refractivity (Wildman–Crippen MR) is 97.0 cm³/mol. The summed E-state index contributed by atoms with van der Waals surface area (Å²) in [4.78, 5) is 4.37. The molecule has 3 rings (SSSR count). The van der Waals surface area contributed by atoms with Gasteiger partial charge in [-0.15, -0.1) is 0 Å². The van der Waals surface area contributed by atoms with Crippen molar-refractivity contribution in [1.82, 2.24) is 23.5 Å². The highest BCUT2D eigenvalue weighted by atomic mass is 32.2. The Kier molecular flexibility index (Phi) is 5.53. The molecule has 0 saturated carbocycles. The fourth-order valence-electron chi connectivity index (χ4n) is 3.17. The Labute approximate surface area is 149 Å². The van der Waals surface area contributed by atoms with Gasteiger partial charge in [0.2, 0.25) is 0 Å². The standard InChI is InChI=1S/C17H25N5O2S/c1-3-21(14-15-7-5-4-6-8-15)25(23,24)22-12-9-18-13-16(22)17-19-10-11-20(17)2/h4-8,10-11,16,18H,3,9,12-14H2,1-2H3. The number of nitrogens with zero attached hydrogens (tertiary/aromatic N) is 4.